The molecule has 0 atom stereocenters. The van der Waals surface area contributed by atoms with Gasteiger partial charge in [-0.2, -0.15) is 5.10 Å². The second kappa shape index (κ2) is 7.16. The predicted octanol–water partition coefficient (Wildman–Crippen LogP) is 3.39. The summed E-state index contributed by atoms with van der Waals surface area (Å²) >= 11 is 5.95. The summed E-state index contributed by atoms with van der Waals surface area (Å²) in [4.78, 5) is 24.6. The van der Waals surface area contributed by atoms with E-state index in [9.17, 15) is 9.18 Å². The highest BCUT2D eigenvalue weighted by Crippen LogP contribution is 2.32. The molecule has 0 spiro atoms. The molecule has 4 heterocycles. The van der Waals surface area contributed by atoms with E-state index in [1.165, 1.54) is 16.2 Å². The maximum atomic E-state index is 14.9. The fourth-order valence-corrected chi connectivity index (χ4v) is 4.21. The van der Waals surface area contributed by atoms with Crippen LogP contribution in [0, 0.1) is 12.7 Å². The Balaban J connectivity index is 1.75. The molecule has 9 heteroatoms. The first kappa shape index (κ1) is 19.7. The zero-order valence-electron chi connectivity index (χ0n) is 17.4. The molecule has 5 rings (SSSR count). The van der Waals surface area contributed by atoms with E-state index in [1.807, 2.05) is 24.0 Å². The van der Waals surface area contributed by atoms with E-state index in [4.69, 9.17) is 16.6 Å². The van der Waals surface area contributed by atoms with E-state index < -0.39 is 5.82 Å². The van der Waals surface area contributed by atoms with Crippen molar-refractivity contribution in [2.24, 2.45) is 14.1 Å². The number of pyridine rings is 1. The minimum Gasteiger partial charge on any atom is -0.350 e. The zero-order chi connectivity index (χ0) is 21.9. The van der Waals surface area contributed by atoms with E-state index in [1.54, 1.807) is 26.1 Å². The number of hydrogen-bond donors (Lipinski definition) is 0. The summed E-state index contributed by atoms with van der Waals surface area (Å²) in [6.45, 7) is 3.13. The Morgan fingerprint density at radius 1 is 1.16 bits per heavy atom. The molecule has 3 aromatic heterocycles. The highest BCUT2D eigenvalue weighted by Gasteiger charge is 2.24. The van der Waals surface area contributed by atoms with Crippen LogP contribution in [0.1, 0.15) is 17.1 Å². The van der Waals surface area contributed by atoms with Gasteiger partial charge in [-0.15, -0.1) is 0 Å². The van der Waals surface area contributed by atoms with Gasteiger partial charge in [0.2, 0.25) is 0 Å². The molecule has 0 saturated heterocycles. The molecular formula is C22H20ClFN6O. The molecule has 1 aliphatic heterocycles. The minimum atomic E-state index is -0.534. The van der Waals surface area contributed by atoms with Crippen molar-refractivity contribution in [2.75, 3.05) is 11.4 Å². The summed E-state index contributed by atoms with van der Waals surface area (Å²) in [5.41, 5.74) is 3.04. The molecule has 0 amide bonds. The van der Waals surface area contributed by atoms with Crippen LogP contribution in [0.5, 0.6) is 0 Å². The number of aromatic nitrogens is 5. The molecule has 158 valence electrons. The molecule has 1 aromatic carbocycles. The number of benzene rings is 1. The lowest BCUT2D eigenvalue weighted by Crippen LogP contribution is -2.32. The molecule has 0 unspecified atom stereocenters. The number of nitrogens with zero attached hydrogens (tertiary/aromatic N) is 6. The van der Waals surface area contributed by atoms with Crippen LogP contribution in [0.4, 0.5) is 10.2 Å². The van der Waals surface area contributed by atoms with Gasteiger partial charge < -0.3 is 4.90 Å². The number of aryl methyl sites for hydroxylation is 2. The summed E-state index contributed by atoms with van der Waals surface area (Å²) in [7, 11) is 3.56. The number of fused-ring (bicyclic) bond motifs is 2. The van der Waals surface area contributed by atoms with Crippen LogP contribution in [-0.4, -0.2) is 30.9 Å². The largest absolute Gasteiger partial charge is 0.350 e. The van der Waals surface area contributed by atoms with Gasteiger partial charge >= 0.3 is 0 Å². The molecule has 31 heavy (non-hydrogen) atoms. The van der Waals surface area contributed by atoms with Gasteiger partial charge in [0, 0.05) is 37.3 Å². The summed E-state index contributed by atoms with van der Waals surface area (Å²) < 4.78 is 18.2. The SMILES string of the molecule is Cc1nc2cc(N3CCc4cnn(C)c4C3)nc(-c3ccc(Cl)cc3F)c2c(=O)n1C. The molecule has 0 bridgehead atoms. The van der Waals surface area contributed by atoms with Gasteiger partial charge in [0.15, 0.2) is 0 Å². The predicted molar refractivity (Wildman–Crippen MR) is 118 cm³/mol. The van der Waals surface area contributed by atoms with E-state index in [-0.39, 0.29) is 27.2 Å². The van der Waals surface area contributed by atoms with Crippen LogP contribution in [0.2, 0.25) is 5.02 Å². The Morgan fingerprint density at radius 3 is 2.74 bits per heavy atom. The lowest BCUT2D eigenvalue weighted by Gasteiger charge is -2.29. The minimum absolute atomic E-state index is 0.220. The van der Waals surface area contributed by atoms with Crippen LogP contribution in [-0.2, 0) is 27.1 Å². The Bertz CT molecular complexity index is 1410. The number of rotatable bonds is 2. The molecule has 0 N–H and O–H groups in total. The fourth-order valence-electron chi connectivity index (χ4n) is 4.05. The first-order valence-electron chi connectivity index (χ1n) is 9.92. The van der Waals surface area contributed by atoms with Crippen LogP contribution >= 0.6 is 11.6 Å². The van der Waals surface area contributed by atoms with Crippen molar-refractivity contribution < 1.29 is 4.39 Å². The van der Waals surface area contributed by atoms with Gasteiger partial charge in [0.05, 0.1) is 35.0 Å². The van der Waals surface area contributed by atoms with Crippen LogP contribution in [0.15, 0.2) is 35.3 Å². The van der Waals surface area contributed by atoms with Crippen molar-refractivity contribution in [3.8, 4) is 11.3 Å². The van der Waals surface area contributed by atoms with E-state index in [0.717, 1.165) is 18.7 Å². The molecular weight excluding hydrogens is 419 g/mol. The van der Waals surface area contributed by atoms with Crippen LogP contribution in [0.25, 0.3) is 22.2 Å². The average Bonchev–Trinajstić information content (AvgIpc) is 3.11. The van der Waals surface area contributed by atoms with Gasteiger partial charge in [-0.05, 0) is 37.1 Å². The standard InChI is InChI=1S/C22H20ClFN6O/c1-12-26-17-9-19(30-7-6-13-10-25-29(3)18(13)11-30)27-21(20(17)22(31)28(12)2)15-5-4-14(23)8-16(15)24/h4-5,8-10H,6-7,11H2,1-3H3. The Hall–Kier alpha value is -3.26. The number of halogens is 2. The maximum absolute atomic E-state index is 14.9. The first-order valence-corrected chi connectivity index (χ1v) is 10.3. The summed E-state index contributed by atoms with van der Waals surface area (Å²) in [6.07, 6.45) is 2.72. The average molecular weight is 439 g/mol. The lowest BCUT2D eigenvalue weighted by atomic mass is 10.1. The van der Waals surface area contributed by atoms with Gasteiger partial charge in [0.25, 0.3) is 5.56 Å². The fraction of sp³-hybridized carbons (Fsp3) is 0.273. The quantitative estimate of drug-likeness (QED) is 0.480. The molecule has 4 aromatic rings. The van der Waals surface area contributed by atoms with Gasteiger partial charge in [-0.25, -0.2) is 14.4 Å². The second-order valence-corrected chi connectivity index (χ2v) is 8.22. The van der Waals surface area contributed by atoms with E-state index >= 15 is 0 Å². The van der Waals surface area contributed by atoms with E-state index in [0.29, 0.717) is 23.7 Å². The third kappa shape index (κ3) is 3.18. The van der Waals surface area contributed by atoms with E-state index in [2.05, 4.69) is 15.0 Å². The van der Waals surface area contributed by atoms with Crippen molar-refractivity contribution in [3.63, 3.8) is 0 Å². The highest BCUT2D eigenvalue weighted by atomic mass is 35.5. The normalized spacial score (nSPS) is 13.6. The molecule has 0 fully saturated rings. The van der Waals surface area contributed by atoms with Crippen molar-refractivity contribution in [1.82, 2.24) is 24.3 Å². The van der Waals surface area contributed by atoms with Crippen molar-refractivity contribution in [2.45, 2.75) is 19.9 Å². The summed E-state index contributed by atoms with van der Waals surface area (Å²) in [6, 6.07) is 6.18. The van der Waals surface area contributed by atoms with Crippen molar-refractivity contribution in [3.05, 3.63) is 68.7 Å². The van der Waals surface area contributed by atoms with Crippen molar-refractivity contribution in [1.29, 1.82) is 0 Å². The third-order valence-corrected chi connectivity index (χ3v) is 6.16. The molecule has 7 nitrogen and oxygen atoms in total. The second-order valence-electron chi connectivity index (χ2n) is 7.78. The lowest BCUT2D eigenvalue weighted by molar-refractivity contribution is 0.630. The monoisotopic (exact) mass is 438 g/mol. The highest BCUT2D eigenvalue weighted by molar-refractivity contribution is 6.30. The molecule has 0 saturated carbocycles. The maximum Gasteiger partial charge on any atom is 0.263 e. The first-order chi connectivity index (χ1) is 14.8. The zero-order valence-corrected chi connectivity index (χ0v) is 18.1. The Labute approximate surface area is 182 Å². The summed E-state index contributed by atoms with van der Waals surface area (Å²) in [5, 5.41) is 4.91. The van der Waals surface area contributed by atoms with Gasteiger partial charge in [-0.3, -0.25) is 14.0 Å². The molecule has 0 aliphatic carbocycles. The Morgan fingerprint density at radius 2 is 1.97 bits per heavy atom. The third-order valence-electron chi connectivity index (χ3n) is 5.92. The summed E-state index contributed by atoms with van der Waals surface area (Å²) in [5.74, 6) is 0.683. The van der Waals surface area contributed by atoms with Crippen LogP contribution in [0.3, 0.4) is 0 Å². The molecule has 1 aliphatic rings. The number of anilines is 1. The number of hydrogen-bond acceptors (Lipinski definition) is 5. The van der Waals surface area contributed by atoms with Gasteiger partial charge in [0.1, 0.15) is 17.5 Å². The smallest absolute Gasteiger partial charge is 0.263 e. The Kier molecular flexibility index (Phi) is 4.55. The molecule has 0 radical (unpaired) electrons. The van der Waals surface area contributed by atoms with Crippen molar-refractivity contribution >= 4 is 28.3 Å². The van der Waals surface area contributed by atoms with Gasteiger partial charge in [-0.1, -0.05) is 11.6 Å². The van der Waals surface area contributed by atoms with Crippen LogP contribution < -0.4 is 10.5 Å². The topological polar surface area (TPSA) is 68.8 Å².